The number of aromatic nitrogens is 3. The molecule has 0 aliphatic rings. The van der Waals surface area contributed by atoms with Gasteiger partial charge in [-0.15, -0.1) is 0 Å². The van der Waals surface area contributed by atoms with Gasteiger partial charge in [-0.1, -0.05) is 12.1 Å². The molecule has 1 aromatic carbocycles. The van der Waals surface area contributed by atoms with Gasteiger partial charge in [-0.2, -0.15) is 0 Å². The Kier molecular flexibility index (Phi) is 6.54. The molecule has 0 spiro atoms. The first-order valence-electron chi connectivity index (χ1n) is 8.97. The van der Waals surface area contributed by atoms with Gasteiger partial charge >= 0.3 is 6.03 Å². The van der Waals surface area contributed by atoms with Crippen LogP contribution in [0, 0.1) is 0 Å². The molecule has 2 heterocycles. The normalized spacial score (nSPS) is 11.5. The van der Waals surface area contributed by atoms with Gasteiger partial charge in [-0.05, 0) is 36.8 Å². The summed E-state index contributed by atoms with van der Waals surface area (Å²) >= 11 is 0. The number of hydrogen-bond donors (Lipinski definition) is 3. The van der Waals surface area contributed by atoms with Gasteiger partial charge in [0.15, 0.2) is 0 Å². The van der Waals surface area contributed by atoms with Crippen molar-refractivity contribution in [1.82, 2.24) is 19.9 Å². The smallest absolute Gasteiger partial charge is 0.319 e. The molecule has 3 amide bonds. The number of anilines is 2. The standard InChI is InChI=1S/C20H22N6O3/c1-14(29-2)19(27)24-16-4-3-5-17(10-16)25-20(28)23-12-15-6-7-18(22-11-15)26-9-8-21-13-26/h3-11,13-14H,12H2,1-2H3,(H,24,27)(H2,23,25,28). The van der Waals surface area contributed by atoms with E-state index >= 15 is 0 Å². The minimum atomic E-state index is -0.566. The lowest BCUT2D eigenvalue weighted by molar-refractivity contribution is -0.124. The summed E-state index contributed by atoms with van der Waals surface area (Å²) in [6, 6.07) is 10.2. The highest BCUT2D eigenvalue weighted by molar-refractivity contribution is 5.95. The molecule has 0 fully saturated rings. The first-order valence-corrected chi connectivity index (χ1v) is 8.97. The lowest BCUT2D eigenvalue weighted by Crippen LogP contribution is -2.28. The van der Waals surface area contributed by atoms with Crippen LogP contribution in [0.4, 0.5) is 16.2 Å². The summed E-state index contributed by atoms with van der Waals surface area (Å²) in [4.78, 5) is 32.4. The van der Waals surface area contributed by atoms with Crippen LogP contribution in [0.15, 0.2) is 61.3 Å². The van der Waals surface area contributed by atoms with Gasteiger partial charge in [0.1, 0.15) is 18.2 Å². The Balaban J connectivity index is 1.52. The van der Waals surface area contributed by atoms with E-state index in [1.54, 1.807) is 60.7 Å². The van der Waals surface area contributed by atoms with Crippen LogP contribution in [0.1, 0.15) is 12.5 Å². The van der Waals surface area contributed by atoms with E-state index in [4.69, 9.17) is 4.74 Å². The van der Waals surface area contributed by atoms with Gasteiger partial charge in [-0.3, -0.25) is 9.36 Å². The van der Waals surface area contributed by atoms with Crippen molar-refractivity contribution in [2.75, 3.05) is 17.7 Å². The second kappa shape index (κ2) is 9.47. The minimum absolute atomic E-state index is 0.263. The van der Waals surface area contributed by atoms with Crippen LogP contribution in [0.5, 0.6) is 0 Å². The van der Waals surface area contributed by atoms with E-state index in [1.165, 1.54) is 7.11 Å². The second-order valence-electron chi connectivity index (χ2n) is 6.25. The zero-order chi connectivity index (χ0) is 20.6. The summed E-state index contributed by atoms with van der Waals surface area (Å²) in [5, 5.41) is 8.24. The largest absolute Gasteiger partial charge is 0.372 e. The Morgan fingerprint density at radius 1 is 1.17 bits per heavy atom. The second-order valence-corrected chi connectivity index (χ2v) is 6.25. The summed E-state index contributed by atoms with van der Waals surface area (Å²) in [5.74, 6) is 0.484. The fourth-order valence-corrected chi connectivity index (χ4v) is 2.45. The average Bonchev–Trinajstić information content (AvgIpc) is 3.27. The fourth-order valence-electron chi connectivity index (χ4n) is 2.45. The number of nitrogens with zero attached hydrogens (tertiary/aromatic N) is 3. The quantitative estimate of drug-likeness (QED) is 0.570. The van der Waals surface area contributed by atoms with Crippen molar-refractivity contribution in [1.29, 1.82) is 0 Å². The molecule has 2 aromatic heterocycles. The van der Waals surface area contributed by atoms with E-state index in [1.807, 2.05) is 12.1 Å². The van der Waals surface area contributed by atoms with Gasteiger partial charge in [0.05, 0.1) is 0 Å². The summed E-state index contributed by atoms with van der Waals surface area (Å²) < 4.78 is 6.77. The maximum Gasteiger partial charge on any atom is 0.319 e. The number of imidazole rings is 1. The number of pyridine rings is 1. The number of hydrogen-bond acceptors (Lipinski definition) is 5. The molecule has 0 radical (unpaired) electrons. The molecule has 3 aromatic rings. The highest BCUT2D eigenvalue weighted by Gasteiger charge is 2.12. The number of rotatable bonds is 7. The highest BCUT2D eigenvalue weighted by atomic mass is 16.5. The topological polar surface area (TPSA) is 110 Å². The van der Waals surface area contributed by atoms with Gasteiger partial charge in [0, 0.05) is 43.6 Å². The van der Waals surface area contributed by atoms with E-state index in [2.05, 4.69) is 25.9 Å². The van der Waals surface area contributed by atoms with E-state index in [9.17, 15) is 9.59 Å². The third-order valence-electron chi connectivity index (χ3n) is 4.14. The summed E-state index contributed by atoms with van der Waals surface area (Å²) in [6.45, 7) is 1.98. The van der Waals surface area contributed by atoms with Crippen molar-refractivity contribution in [3.8, 4) is 5.82 Å². The van der Waals surface area contributed by atoms with E-state index < -0.39 is 6.10 Å². The van der Waals surface area contributed by atoms with Crippen molar-refractivity contribution < 1.29 is 14.3 Å². The summed E-state index contributed by atoms with van der Waals surface area (Å²) in [7, 11) is 1.47. The molecule has 1 unspecified atom stereocenters. The number of ether oxygens (including phenoxy) is 1. The zero-order valence-electron chi connectivity index (χ0n) is 16.1. The Morgan fingerprint density at radius 2 is 1.97 bits per heavy atom. The fraction of sp³-hybridized carbons (Fsp3) is 0.200. The SMILES string of the molecule is COC(C)C(=O)Nc1cccc(NC(=O)NCc2ccc(-n3ccnc3)nc2)c1. The molecular weight excluding hydrogens is 372 g/mol. The van der Waals surface area contributed by atoms with Crippen molar-refractivity contribution in [2.24, 2.45) is 0 Å². The number of carbonyl (C=O) groups excluding carboxylic acids is 2. The maximum absolute atomic E-state index is 12.2. The number of amides is 3. The molecule has 150 valence electrons. The Bertz CT molecular complexity index is 957. The number of nitrogens with one attached hydrogen (secondary N) is 3. The van der Waals surface area contributed by atoms with Crippen molar-refractivity contribution in [3.63, 3.8) is 0 Å². The Morgan fingerprint density at radius 3 is 2.62 bits per heavy atom. The molecule has 3 rings (SSSR count). The van der Waals surface area contributed by atoms with Crippen LogP contribution in [0.25, 0.3) is 5.82 Å². The highest BCUT2D eigenvalue weighted by Crippen LogP contribution is 2.15. The van der Waals surface area contributed by atoms with Gasteiger partial charge in [0.25, 0.3) is 5.91 Å². The monoisotopic (exact) mass is 394 g/mol. The molecule has 0 aliphatic carbocycles. The van der Waals surface area contributed by atoms with Crippen molar-refractivity contribution >= 4 is 23.3 Å². The molecule has 0 saturated carbocycles. The number of urea groups is 1. The molecular formula is C20H22N6O3. The molecule has 1 atom stereocenters. The van der Waals surface area contributed by atoms with Crippen molar-refractivity contribution in [2.45, 2.75) is 19.6 Å². The third-order valence-corrected chi connectivity index (χ3v) is 4.14. The molecule has 3 N–H and O–H groups in total. The van der Waals surface area contributed by atoms with Crippen LogP contribution < -0.4 is 16.0 Å². The molecule has 9 heteroatoms. The Labute approximate surface area is 168 Å². The van der Waals surface area contributed by atoms with Crippen molar-refractivity contribution in [3.05, 3.63) is 66.9 Å². The van der Waals surface area contributed by atoms with Crippen LogP contribution in [-0.2, 0) is 16.1 Å². The maximum atomic E-state index is 12.2. The third kappa shape index (κ3) is 5.63. The van der Waals surface area contributed by atoms with Crippen LogP contribution in [0.3, 0.4) is 0 Å². The van der Waals surface area contributed by atoms with Crippen LogP contribution >= 0.6 is 0 Å². The molecule has 0 aliphatic heterocycles. The Hall–Kier alpha value is -3.72. The first-order chi connectivity index (χ1) is 14.0. The molecule has 0 bridgehead atoms. The van der Waals surface area contributed by atoms with Gasteiger partial charge < -0.3 is 20.7 Å². The number of methoxy groups -OCH3 is 1. The predicted molar refractivity (Wildman–Crippen MR) is 109 cm³/mol. The van der Waals surface area contributed by atoms with Gasteiger partial charge in [-0.25, -0.2) is 14.8 Å². The summed E-state index contributed by atoms with van der Waals surface area (Å²) in [6.07, 6.45) is 6.28. The number of benzene rings is 1. The first kappa shape index (κ1) is 20.0. The zero-order valence-corrected chi connectivity index (χ0v) is 16.1. The molecule has 9 nitrogen and oxygen atoms in total. The van der Waals surface area contributed by atoms with Gasteiger partial charge in [0.2, 0.25) is 0 Å². The molecule has 0 saturated heterocycles. The lowest BCUT2D eigenvalue weighted by Gasteiger charge is -2.12. The van der Waals surface area contributed by atoms with E-state index in [-0.39, 0.29) is 11.9 Å². The van der Waals surface area contributed by atoms with Crippen LogP contribution in [0.2, 0.25) is 0 Å². The summed E-state index contributed by atoms with van der Waals surface area (Å²) in [5.41, 5.74) is 1.98. The minimum Gasteiger partial charge on any atom is -0.372 e. The average molecular weight is 394 g/mol. The van der Waals surface area contributed by atoms with Crippen LogP contribution in [-0.4, -0.2) is 39.7 Å². The number of carbonyl (C=O) groups is 2. The molecule has 29 heavy (non-hydrogen) atoms. The van der Waals surface area contributed by atoms with E-state index in [0.29, 0.717) is 17.9 Å². The lowest BCUT2D eigenvalue weighted by atomic mass is 10.2. The van der Waals surface area contributed by atoms with E-state index in [0.717, 1.165) is 11.4 Å². The predicted octanol–water partition coefficient (Wildman–Crippen LogP) is 2.56.